The molecule has 0 aromatic heterocycles. The fourth-order valence-electron chi connectivity index (χ4n) is 1.86. The van der Waals surface area contributed by atoms with Crippen LogP contribution in [0.1, 0.15) is 17.2 Å². The molecule has 1 atom stereocenters. The Morgan fingerprint density at radius 3 is 2.50 bits per heavy atom. The van der Waals surface area contributed by atoms with Crippen LogP contribution in [0.4, 0.5) is 8.78 Å². The third-order valence-corrected chi connectivity index (χ3v) is 4.53. The van der Waals surface area contributed by atoms with Gasteiger partial charge in [0, 0.05) is 21.1 Å². The van der Waals surface area contributed by atoms with Crippen molar-refractivity contribution in [2.45, 2.75) is 12.5 Å². The first kappa shape index (κ1) is 15.7. The van der Waals surface area contributed by atoms with E-state index in [2.05, 4.69) is 15.9 Å². The molecule has 0 aliphatic rings. The SMILES string of the molecule is NC(Cc1ccc(F)cc1Cl)c1ccc(Br)c(Cl)c1F. The molecule has 2 rings (SSSR count). The van der Waals surface area contributed by atoms with Gasteiger partial charge in [0.05, 0.1) is 5.02 Å². The molecule has 0 spiro atoms. The summed E-state index contributed by atoms with van der Waals surface area (Å²) >= 11 is 14.9. The molecule has 1 unspecified atom stereocenters. The van der Waals surface area contributed by atoms with Crippen LogP contribution in [-0.2, 0) is 6.42 Å². The maximum Gasteiger partial charge on any atom is 0.147 e. The molecular formula is C14H10BrCl2F2N. The highest BCUT2D eigenvalue weighted by Crippen LogP contribution is 2.31. The van der Waals surface area contributed by atoms with Crippen LogP contribution in [0.2, 0.25) is 10.0 Å². The average molecular weight is 381 g/mol. The second-order valence-corrected chi connectivity index (χ2v) is 5.95. The van der Waals surface area contributed by atoms with Gasteiger partial charge >= 0.3 is 0 Å². The van der Waals surface area contributed by atoms with Gasteiger partial charge in [-0.2, -0.15) is 0 Å². The molecule has 0 saturated heterocycles. The Labute approximate surface area is 133 Å². The van der Waals surface area contributed by atoms with Crippen LogP contribution < -0.4 is 5.73 Å². The molecular weight excluding hydrogens is 371 g/mol. The summed E-state index contributed by atoms with van der Waals surface area (Å²) in [6.45, 7) is 0. The summed E-state index contributed by atoms with van der Waals surface area (Å²) in [6, 6.07) is 6.60. The molecule has 2 N–H and O–H groups in total. The van der Waals surface area contributed by atoms with E-state index in [0.29, 0.717) is 15.6 Å². The Balaban J connectivity index is 2.28. The average Bonchev–Trinajstić information content (AvgIpc) is 2.39. The maximum atomic E-state index is 14.0. The van der Waals surface area contributed by atoms with Crippen LogP contribution in [0.15, 0.2) is 34.8 Å². The molecule has 0 aliphatic heterocycles. The van der Waals surface area contributed by atoms with Crippen LogP contribution in [0.3, 0.4) is 0 Å². The van der Waals surface area contributed by atoms with Crippen LogP contribution in [0, 0.1) is 11.6 Å². The smallest absolute Gasteiger partial charge is 0.147 e. The second-order valence-electron chi connectivity index (χ2n) is 4.31. The standard InChI is InChI=1S/C14H10BrCl2F2N/c15-10-4-3-9(14(19)13(10)17)12(20)5-7-1-2-8(18)6-11(7)16/h1-4,6,12H,5,20H2. The molecule has 2 aromatic carbocycles. The zero-order valence-electron chi connectivity index (χ0n) is 10.1. The number of hydrogen-bond acceptors (Lipinski definition) is 1. The Hall–Kier alpha value is -0.680. The van der Waals surface area contributed by atoms with Gasteiger partial charge in [-0.25, -0.2) is 8.78 Å². The van der Waals surface area contributed by atoms with Crippen molar-refractivity contribution in [2.75, 3.05) is 0 Å². The van der Waals surface area contributed by atoms with E-state index in [9.17, 15) is 8.78 Å². The Morgan fingerprint density at radius 2 is 1.85 bits per heavy atom. The number of rotatable bonds is 3. The van der Waals surface area contributed by atoms with E-state index in [1.165, 1.54) is 18.2 Å². The van der Waals surface area contributed by atoms with E-state index in [1.54, 1.807) is 12.1 Å². The third kappa shape index (κ3) is 3.31. The molecule has 0 radical (unpaired) electrons. The predicted octanol–water partition coefficient (Wildman–Crippen LogP) is 5.28. The van der Waals surface area contributed by atoms with Crippen LogP contribution in [0.25, 0.3) is 0 Å². The van der Waals surface area contributed by atoms with Crippen molar-refractivity contribution >= 4 is 39.1 Å². The van der Waals surface area contributed by atoms with Gasteiger partial charge in [-0.05, 0) is 46.1 Å². The first-order valence-electron chi connectivity index (χ1n) is 5.73. The third-order valence-electron chi connectivity index (χ3n) is 2.92. The summed E-state index contributed by atoms with van der Waals surface area (Å²) in [4.78, 5) is 0. The number of halogens is 5. The summed E-state index contributed by atoms with van der Waals surface area (Å²) in [6.07, 6.45) is 0.286. The van der Waals surface area contributed by atoms with Crippen molar-refractivity contribution in [3.05, 3.63) is 67.6 Å². The Bertz CT molecular complexity index is 649. The number of benzene rings is 2. The lowest BCUT2D eigenvalue weighted by atomic mass is 9.99. The highest BCUT2D eigenvalue weighted by Gasteiger charge is 2.17. The molecule has 1 nitrogen and oxygen atoms in total. The summed E-state index contributed by atoms with van der Waals surface area (Å²) in [5.74, 6) is -0.989. The molecule has 0 heterocycles. The van der Waals surface area contributed by atoms with E-state index in [0.717, 1.165) is 0 Å². The molecule has 0 amide bonds. The van der Waals surface area contributed by atoms with E-state index in [-0.39, 0.29) is 16.5 Å². The maximum absolute atomic E-state index is 14.0. The first-order valence-corrected chi connectivity index (χ1v) is 7.28. The molecule has 0 aliphatic carbocycles. The minimum absolute atomic E-state index is 0.0110. The van der Waals surface area contributed by atoms with Gasteiger partial charge in [0.1, 0.15) is 11.6 Å². The van der Waals surface area contributed by atoms with Gasteiger partial charge in [-0.3, -0.25) is 0 Å². The van der Waals surface area contributed by atoms with Crippen LogP contribution in [-0.4, -0.2) is 0 Å². The van der Waals surface area contributed by atoms with Gasteiger partial charge in [-0.1, -0.05) is 35.3 Å². The number of nitrogens with two attached hydrogens (primary N) is 1. The predicted molar refractivity (Wildman–Crippen MR) is 81.2 cm³/mol. The van der Waals surface area contributed by atoms with Crippen LogP contribution in [0.5, 0.6) is 0 Å². The first-order chi connectivity index (χ1) is 9.40. The lowest BCUT2D eigenvalue weighted by Gasteiger charge is -2.15. The monoisotopic (exact) mass is 379 g/mol. The summed E-state index contributed by atoms with van der Waals surface area (Å²) in [5.41, 5.74) is 6.93. The van der Waals surface area contributed by atoms with Gasteiger partial charge in [0.15, 0.2) is 0 Å². The minimum atomic E-state index is -0.622. The van der Waals surface area contributed by atoms with Crippen molar-refractivity contribution in [3.63, 3.8) is 0 Å². The molecule has 106 valence electrons. The zero-order chi connectivity index (χ0) is 14.9. The van der Waals surface area contributed by atoms with Gasteiger partial charge in [0.2, 0.25) is 0 Å². The molecule has 6 heteroatoms. The summed E-state index contributed by atoms with van der Waals surface area (Å²) in [7, 11) is 0. The fourth-order valence-corrected chi connectivity index (χ4v) is 2.58. The molecule has 0 fully saturated rings. The molecule has 0 bridgehead atoms. The topological polar surface area (TPSA) is 26.0 Å². The van der Waals surface area contributed by atoms with E-state index in [4.69, 9.17) is 28.9 Å². The lowest BCUT2D eigenvalue weighted by Crippen LogP contribution is -2.15. The zero-order valence-corrected chi connectivity index (χ0v) is 13.2. The van der Waals surface area contributed by atoms with E-state index in [1.807, 2.05) is 0 Å². The molecule has 2 aromatic rings. The van der Waals surface area contributed by atoms with Gasteiger partial charge in [-0.15, -0.1) is 0 Å². The summed E-state index contributed by atoms with van der Waals surface area (Å²) in [5, 5.41) is 0.257. The van der Waals surface area contributed by atoms with Crippen molar-refractivity contribution in [3.8, 4) is 0 Å². The van der Waals surface area contributed by atoms with Crippen molar-refractivity contribution in [2.24, 2.45) is 5.73 Å². The minimum Gasteiger partial charge on any atom is -0.324 e. The largest absolute Gasteiger partial charge is 0.324 e. The normalized spacial score (nSPS) is 12.5. The molecule has 20 heavy (non-hydrogen) atoms. The fraction of sp³-hybridized carbons (Fsp3) is 0.143. The van der Waals surface area contributed by atoms with Crippen molar-refractivity contribution < 1.29 is 8.78 Å². The van der Waals surface area contributed by atoms with E-state index < -0.39 is 17.7 Å². The van der Waals surface area contributed by atoms with Gasteiger partial charge < -0.3 is 5.73 Å². The van der Waals surface area contributed by atoms with Crippen LogP contribution >= 0.6 is 39.1 Å². The lowest BCUT2D eigenvalue weighted by molar-refractivity contribution is 0.579. The highest BCUT2D eigenvalue weighted by molar-refractivity contribution is 9.10. The van der Waals surface area contributed by atoms with E-state index >= 15 is 0 Å². The quantitative estimate of drug-likeness (QED) is 0.720. The second kappa shape index (κ2) is 6.39. The Morgan fingerprint density at radius 1 is 1.15 bits per heavy atom. The molecule has 0 saturated carbocycles. The van der Waals surface area contributed by atoms with Gasteiger partial charge in [0.25, 0.3) is 0 Å². The number of hydrogen-bond donors (Lipinski definition) is 1. The summed E-state index contributed by atoms with van der Waals surface area (Å²) < 4.78 is 27.5. The highest BCUT2D eigenvalue weighted by atomic mass is 79.9. The Kier molecular flexibility index (Phi) is 5.02. The van der Waals surface area contributed by atoms with Crippen molar-refractivity contribution in [1.82, 2.24) is 0 Å². The van der Waals surface area contributed by atoms with Crippen molar-refractivity contribution in [1.29, 1.82) is 0 Å².